The van der Waals surface area contributed by atoms with E-state index in [1.807, 2.05) is 62.4 Å². The number of piperazine rings is 1. The molecule has 0 radical (unpaired) electrons. The minimum Gasteiger partial charge on any atom is -0.359 e. The molecular formula is C28H26N4O3. The molecule has 35 heavy (non-hydrogen) atoms. The molecule has 7 heteroatoms. The monoisotopic (exact) mass is 466 g/mol. The number of Topliss-reactive ketones (excluding diaryl/α,β-unsaturated/α-hetero) is 1. The SMILES string of the molecule is Cc1ccc(-c2ccnc3c(C(=O)C(=O)N4CCN(C(=O)c5ccccc5)C[C@@H]4C)c[nH]c23)cc1. The average molecular weight is 467 g/mol. The fraction of sp³-hybridized carbons (Fsp3) is 0.214. The first kappa shape index (κ1) is 22.5. The Morgan fingerprint density at radius 3 is 2.43 bits per heavy atom. The van der Waals surface area contributed by atoms with Crippen molar-refractivity contribution in [2.75, 3.05) is 19.6 Å². The van der Waals surface area contributed by atoms with Gasteiger partial charge in [0.05, 0.1) is 16.6 Å². The second-order valence-corrected chi connectivity index (χ2v) is 8.94. The number of amides is 2. The summed E-state index contributed by atoms with van der Waals surface area (Å²) in [6.07, 6.45) is 3.22. The van der Waals surface area contributed by atoms with Crippen LogP contribution in [0.25, 0.3) is 22.2 Å². The van der Waals surface area contributed by atoms with Gasteiger partial charge in [-0.05, 0) is 37.6 Å². The van der Waals surface area contributed by atoms with Gasteiger partial charge in [-0.3, -0.25) is 19.4 Å². The van der Waals surface area contributed by atoms with E-state index in [0.29, 0.717) is 30.7 Å². The van der Waals surface area contributed by atoms with E-state index in [2.05, 4.69) is 9.97 Å². The molecule has 2 amide bonds. The van der Waals surface area contributed by atoms with Crippen LogP contribution in [-0.4, -0.2) is 63.0 Å². The highest BCUT2D eigenvalue weighted by atomic mass is 16.2. The van der Waals surface area contributed by atoms with Gasteiger partial charge >= 0.3 is 0 Å². The molecule has 3 heterocycles. The molecule has 2 aromatic carbocycles. The van der Waals surface area contributed by atoms with Gasteiger partial charge in [-0.25, -0.2) is 0 Å². The molecule has 1 aliphatic heterocycles. The van der Waals surface area contributed by atoms with E-state index in [0.717, 1.165) is 22.2 Å². The number of hydrogen-bond acceptors (Lipinski definition) is 4. The third-order valence-electron chi connectivity index (χ3n) is 6.56. The molecular weight excluding hydrogens is 440 g/mol. The van der Waals surface area contributed by atoms with Crippen LogP contribution in [0.1, 0.15) is 33.2 Å². The van der Waals surface area contributed by atoms with E-state index in [9.17, 15) is 14.4 Å². The number of aromatic nitrogens is 2. The highest BCUT2D eigenvalue weighted by Gasteiger charge is 2.34. The molecule has 1 aliphatic rings. The highest BCUT2D eigenvalue weighted by Crippen LogP contribution is 2.29. The average Bonchev–Trinajstić information content (AvgIpc) is 3.33. The first-order chi connectivity index (χ1) is 16.9. The third kappa shape index (κ3) is 4.21. The standard InChI is InChI=1S/C28H26N4O3/c1-18-8-10-20(11-9-18)22-12-13-29-25-23(16-30-24(22)25)26(33)28(35)32-15-14-31(17-19(32)2)27(34)21-6-4-3-5-7-21/h3-13,16,19,30H,14-15,17H2,1-2H3/t19-/m0/s1. The summed E-state index contributed by atoms with van der Waals surface area (Å²) >= 11 is 0. The van der Waals surface area contributed by atoms with Crippen LogP contribution in [0, 0.1) is 6.92 Å². The Labute approximate surface area is 203 Å². The maximum Gasteiger partial charge on any atom is 0.295 e. The second-order valence-electron chi connectivity index (χ2n) is 8.94. The Hall–Kier alpha value is -4.26. The molecule has 0 saturated carbocycles. The Morgan fingerprint density at radius 2 is 1.71 bits per heavy atom. The van der Waals surface area contributed by atoms with Gasteiger partial charge < -0.3 is 14.8 Å². The first-order valence-electron chi connectivity index (χ1n) is 11.7. The summed E-state index contributed by atoms with van der Waals surface area (Å²) in [5.41, 5.74) is 5.15. The molecule has 1 fully saturated rings. The number of benzene rings is 2. The van der Waals surface area contributed by atoms with Gasteiger partial charge in [0.15, 0.2) is 0 Å². The predicted octanol–water partition coefficient (Wildman–Crippen LogP) is 4.09. The summed E-state index contributed by atoms with van der Waals surface area (Å²) in [7, 11) is 0. The topological polar surface area (TPSA) is 86.4 Å². The molecule has 1 N–H and O–H groups in total. The summed E-state index contributed by atoms with van der Waals surface area (Å²) in [6, 6.07) is 18.8. The number of rotatable bonds is 4. The summed E-state index contributed by atoms with van der Waals surface area (Å²) in [6.45, 7) is 4.94. The zero-order chi connectivity index (χ0) is 24.5. The molecule has 2 aromatic heterocycles. The molecule has 0 unspecified atom stereocenters. The lowest BCUT2D eigenvalue weighted by atomic mass is 10.0. The number of aryl methyl sites for hydroxylation is 1. The molecule has 0 bridgehead atoms. The quantitative estimate of drug-likeness (QED) is 0.363. The van der Waals surface area contributed by atoms with Crippen LogP contribution in [0.4, 0.5) is 0 Å². The van der Waals surface area contributed by atoms with Gasteiger partial charge in [-0.2, -0.15) is 0 Å². The van der Waals surface area contributed by atoms with Crippen molar-refractivity contribution in [1.82, 2.24) is 19.8 Å². The minimum atomic E-state index is -0.598. The summed E-state index contributed by atoms with van der Waals surface area (Å²) in [4.78, 5) is 50.1. The van der Waals surface area contributed by atoms with Gasteiger partial charge in [0, 0.05) is 49.2 Å². The second kappa shape index (κ2) is 9.18. The number of nitrogens with one attached hydrogen (secondary N) is 1. The number of ketones is 1. The Kier molecular flexibility index (Phi) is 5.91. The predicted molar refractivity (Wildman–Crippen MR) is 134 cm³/mol. The maximum atomic E-state index is 13.3. The fourth-order valence-electron chi connectivity index (χ4n) is 4.62. The molecule has 176 valence electrons. The minimum absolute atomic E-state index is 0.0691. The number of carbonyl (C=O) groups excluding carboxylic acids is 3. The van der Waals surface area contributed by atoms with Gasteiger partial charge in [0.2, 0.25) is 0 Å². The van der Waals surface area contributed by atoms with E-state index in [-0.39, 0.29) is 17.5 Å². The molecule has 7 nitrogen and oxygen atoms in total. The van der Waals surface area contributed by atoms with Crippen LogP contribution in [0.3, 0.4) is 0 Å². The van der Waals surface area contributed by atoms with Crippen LogP contribution < -0.4 is 0 Å². The lowest BCUT2D eigenvalue weighted by molar-refractivity contribution is -0.130. The zero-order valence-corrected chi connectivity index (χ0v) is 19.7. The first-order valence-corrected chi connectivity index (χ1v) is 11.7. The number of nitrogens with zero attached hydrogens (tertiary/aromatic N) is 3. The van der Waals surface area contributed by atoms with Crippen LogP contribution in [0.15, 0.2) is 73.1 Å². The normalized spacial score (nSPS) is 15.9. The summed E-state index contributed by atoms with van der Waals surface area (Å²) in [5, 5.41) is 0. The Balaban J connectivity index is 1.35. The fourth-order valence-corrected chi connectivity index (χ4v) is 4.62. The van der Waals surface area contributed by atoms with E-state index < -0.39 is 11.7 Å². The van der Waals surface area contributed by atoms with E-state index >= 15 is 0 Å². The van der Waals surface area contributed by atoms with Gasteiger partial charge in [0.25, 0.3) is 17.6 Å². The number of fused-ring (bicyclic) bond motifs is 1. The molecule has 0 aliphatic carbocycles. The smallest absolute Gasteiger partial charge is 0.295 e. The number of hydrogen-bond donors (Lipinski definition) is 1. The molecule has 1 saturated heterocycles. The maximum absolute atomic E-state index is 13.3. The van der Waals surface area contributed by atoms with Crippen LogP contribution in [0.2, 0.25) is 0 Å². The van der Waals surface area contributed by atoms with Crippen molar-refractivity contribution < 1.29 is 14.4 Å². The van der Waals surface area contributed by atoms with Crippen molar-refractivity contribution in [2.45, 2.75) is 19.9 Å². The molecule has 4 aromatic rings. The van der Waals surface area contributed by atoms with E-state index in [4.69, 9.17) is 0 Å². The van der Waals surface area contributed by atoms with Crippen LogP contribution in [-0.2, 0) is 4.79 Å². The number of aromatic amines is 1. The number of carbonyl (C=O) groups is 3. The Bertz CT molecular complexity index is 1410. The number of H-pyrrole nitrogens is 1. The van der Waals surface area contributed by atoms with Crippen molar-refractivity contribution in [1.29, 1.82) is 0 Å². The third-order valence-corrected chi connectivity index (χ3v) is 6.56. The molecule has 0 spiro atoms. The lowest BCUT2D eigenvalue weighted by Crippen LogP contribution is -2.56. The van der Waals surface area contributed by atoms with Crippen molar-refractivity contribution in [2.24, 2.45) is 0 Å². The van der Waals surface area contributed by atoms with E-state index in [1.165, 1.54) is 0 Å². The van der Waals surface area contributed by atoms with E-state index in [1.54, 1.807) is 34.3 Å². The zero-order valence-electron chi connectivity index (χ0n) is 19.7. The summed E-state index contributed by atoms with van der Waals surface area (Å²) < 4.78 is 0. The van der Waals surface area contributed by atoms with Gasteiger partial charge in [-0.15, -0.1) is 0 Å². The van der Waals surface area contributed by atoms with Crippen molar-refractivity contribution in [3.8, 4) is 11.1 Å². The lowest BCUT2D eigenvalue weighted by Gasteiger charge is -2.39. The number of pyridine rings is 1. The van der Waals surface area contributed by atoms with Crippen molar-refractivity contribution in [3.05, 3.63) is 89.7 Å². The van der Waals surface area contributed by atoms with Crippen molar-refractivity contribution in [3.63, 3.8) is 0 Å². The van der Waals surface area contributed by atoms with Crippen LogP contribution >= 0.6 is 0 Å². The van der Waals surface area contributed by atoms with Gasteiger partial charge in [0.1, 0.15) is 0 Å². The molecule has 1 atom stereocenters. The van der Waals surface area contributed by atoms with Crippen molar-refractivity contribution >= 4 is 28.6 Å². The van der Waals surface area contributed by atoms with Gasteiger partial charge in [-0.1, -0.05) is 48.0 Å². The summed E-state index contributed by atoms with van der Waals surface area (Å²) in [5.74, 6) is -1.24. The highest BCUT2D eigenvalue weighted by molar-refractivity contribution is 6.44. The molecule has 5 rings (SSSR count). The Morgan fingerprint density at radius 1 is 0.971 bits per heavy atom. The largest absolute Gasteiger partial charge is 0.359 e. The van der Waals surface area contributed by atoms with Crippen LogP contribution in [0.5, 0.6) is 0 Å².